The molecule has 0 saturated carbocycles. The van der Waals surface area contributed by atoms with E-state index in [-0.39, 0.29) is 0 Å². The molecule has 0 aliphatic rings. The van der Waals surface area contributed by atoms with Gasteiger partial charge in [-0.1, -0.05) is 12.1 Å². The number of nitrogens with one attached hydrogen (secondary N) is 1. The van der Waals surface area contributed by atoms with Crippen molar-refractivity contribution in [1.29, 1.82) is 5.26 Å². The average Bonchev–Trinajstić information content (AvgIpc) is 2.36. The summed E-state index contributed by atoms with van der Waals surface area (Å²) >= 11 is 0. The maximum absolute atomic E-state index is 11.8. The fourth-order valence-electron chi connectivity index (χ4n) is 1.41. The quantitative estimate of drug-likeness (QED) is 0.784. The molecule has 1 rings (SSSR count). The van der Waals surface area contributed by atoms with Gasteiger partial charge in [0.1, 0.15) is 5.75 Å². The summed E-state index contributed by atoms with van der Waals surface area (Å²) in [6.07, 6.45) is -4.63. The van der Waals surface area contributed by atoms with E-state index in [1.54, 1.807) is 0 Å². The summed E-state index contributed by atoms with van der Waals surface area (Å²) in [4.78, 5) is 15.1. The first-order valence-corrected chi connectivity index (χ1v) is 7.60. The second kappa shape index (κ2) is 7.24. The normalized spacial score (nSPS) is 11.7. The molecule has 1 N–H and O–H groups in total. The second-order valence-electron chi connectivity index (χ2n) is 4.27. The number of alkyl halides is 3. The molecule has 0 aromatic heterocycles. The van der Waals surface area contributed by atoms with Crippen LogP contribution in [0.25, 0.3) is 0 Å². The lowest BCUT2D eigenvalue weighted by Gasteiger charge is -2.08. The van der Waals surface area contributed by atoms with Gasteiger partial charge in [0.2, 0.25) is 0 Å². The molecule has 6 nitrogen and oxygen atoms in total. The van der Waals surface area contributed by atoms with Crippen molar-refractivity contribution in [2.24, 2.45) is 0 Å². The summed E-state index contributed by atoms with van der Waals surface area (Å²) in [5.41, 5.74) is 2.11. The number of nitrogens with zero attached hydrogens (tertiary/aromatic N) is 1. The molecule has 1 aromatic carbocycles. The molecule has 1 aromatic rings. The van der Waals surface area contributed by atoms with Gasteiger partial charge in [0.05, 0.1) is 17.4 Å². The lowest BCUT2D eigenvalue weighted by molar-refractivity contribution is -0.191. The van der Waals surface area contributed by atoms with Crippen molar-refractivity contribution in [1.82, 2.24) is 5.48 Å². The van der Waals surface area contributed by atoms with Gasteiger partial charge in [0, 0.05) is 0 Å². The van der Waals surface area contributed by atoms with Crippen molar-refractivity contribution in [3.8, 4) is 6.07 Å². The van der Waals surface area contributed by atoms with Crippen LogP contribution in [0.3, 0.4) is 0 Å². The Labute approximate surface area is 124 Å². The van der Waals surface area contributed by atoms with Crippen LogP contribution in [0.2, 0.25) is 0 Å². The highest BCUT2D eigenvalue weighted by Gasteiger charge is 2.28. The number of hydrogen-bond donors (Lipinski definition) is 1. The maximum atomic E-state index is 11.8. The Balaban J connectivity index is 2.52. The minimum atomic E-state index is -4.63. The zero-order valence-corrected chi connectivity index (χ0v) is 11.9. The summed E-state index contributed by atoms with van der Waals surface area (Å²) in [5.74, 6) is -2.69. The van der Waals surface area contributed by atoms with Crippen molar-refractivity contribution >= 4 is 15.7 Å². The molecule has 0 bridgehead atoms. The molecule has 22 heavy (non-hydrogen) atoms. The van der Waals surface area contributed by atoms with Crippen molar-refractivity contribution in [2.45, 2.75) is 11.9 Å². The summed E-state index contributed by atoms with van der Waals surface area (Å²) in [6, 6.07) is 7.51. The Kier molecular flexibility index (Phi) is 5.90. The van der Waals surface area contributed by atoms with Crippen LogP contribution in [0, 0.1) is 11.3 Å². The van der Waals surface area contributed by atoms with Crippen molar-refractivity contribution < 1.29 is 31.2 Å². The number of amides is 1. The van der Waals surface area contributed by atoms with E-state index in [1.165, 1.54) is 29.7 Å². The number of carbonyl (C=O) groups is 1. The van der Waals surface area contributed by atoms with E-state index in [0.717, 1.165) is 0 Å². The predicted octanol–water partition coefficient (Wildman–Crippen LogP) is 1.08. The number of nitriles is 1. The molecule has 1 amide bonds. The van der Waals surface area contributed by atoms with Gasteiger partial charge in [-0.05, 0) is 17.7 Å². The van der Waals surface area contributed by atoms with Gasteiger partial charge in [-0.15, -0.1) is 0 Å². The van der Waals surface area contributed by atoms with Crippen molar-refractivity contribution in [2.75, 3.05) is 12.4 Å². The summed E-state index contributed by atoms with van der Waals surface area (Å²) in [5, 5.41) is 8.60. The van der Waals surface area contributed by atoms with Gasteiger partial charge in [-0.3, -0.25) is 9.63 Å². The lowest BCUT2D eigenvalue weighted by Crippen LogP contribution is -2.34. The molecule has 0 atom stereocenters. The van der Waals surface area contributed by atoms with Crippen LogP contribution < -0.4 is 5.48 Å². The monoisotopic (exact) mass is 336 g/mol. The number of benzene rings is 1. The Hall–Kier alpha value is -2.12. The topological polar surface area (TPSA) is 96.3 Å². The largest absolute Gasteiger partial charge is 0.414 e. The number of hydrogen-bond acceptors (Lipinski definition) is 5. The summed E-state index contributed by atoms with van der Waals surface area (Å²) in [6.45, 7) is -1.71. The smallest absolute Gasteiger partial charge is 0.272 e. The molecule has 0 aliphatic heterocycles. The zero-order valence-electron chi connectivity index (χ0n) is 11.1. The van der Waals surface area contributed by atoms with Crippen LogP contribution in [-0.4, -0.2) is 32.9 Å². The molecule has 0 saturated heterocycles. The van der Waals surface area contributed by atoms with E-state index in [2.05, 4.69) is 4.84 Å². The Morgan fingerprint density at radius 3 is 2.36 bits per heavy atom. The fraction of sp³-hybridized carbons (Fsp3) is 0.333. The highest BCUT2D eigenvalue weighted by atomic mass is 32.2. The highest BCUT2D eigenvalue weighted by molar-refractivity contribution is 7.91. The molecule has 10 heteroatoms. The van der Waals surface area contributed by atoms with E-state index < -0.39 is 40.0 Å². The van der Waals surface area contributed by atoms with Gasteiger partial charge < -0.3 is 0 Å². The maximum Gasteiger partial charge on any atom is 0.414 e. The first-order valence-electron chi connectivity index (χ1n) is 5.78. The Morgan fingerprint density at radius 1 is 1.27 bits per heavy atom. The Morgan fingerprint density at radius 2 is 1.86 bits per heavy atom. The second-order valence-corrected chi connectivity index (χ2v) is 6.33. The van der Waals surface area contributed by atoms with Crippen LogP contribution in [0.15, 0.2) is 24.3 Å². The van der Waals surface area contributed by atoms with E-state index in [1.807, 2.05) is 6.07 Å². The number of rotatable bonds is 6. The van der Waals surface area contributed by atoms with E-state index in [0.29, 0.717) is 11.1 Å². The van der Waals surface area contributed by atoms with Gasteiger partial charge in [-0.25, -0.2) is 13.9 Å². The minimum Gasteiger partial charge on any atom is -0.272 e. The number of sulfone groups is 1. The molecular weight excluding hydrogens is 325 g/mol. The minimum absolute atomic E-state index is 0.347. The first kappa shape index (κ1) is 17.9. The molecule has 120 valence electrons. The van der Waals surface area contributed by atoms with Crippen molar-refractivity contribution in [3.05, 3.63) is 35.4 Å². The van der Waals surface area contributed by atoms with Crippen LogP contribution in [0.4, 0.5) is 13.2 Å². The molecule has 0 aliphatic carbocycles. The standard InChI is InChI=1S/C12H11F3N2O4S/c13-12(14,15)8-21-17-11(18)7-22(19,20)6-10-3-1-9(5-16)2-4-10/h1-4H,6-8H2,(H,17,18). The van der Waals surface area contributed by atoms with Gasteiger partial charge in [0.25, 0.3) is 5.91 Å². The third kappa shape index (κ3) is 7.05. The third-order valence-corrected chi connectivity index (χ3v) is 3.72. The van der Waals surface area contributed by atoms with Gasteiger partial charge in [0.15, 0.2) is 16.4 Å². The van der Waals surface area contributed by atoms with Gasteiger partial charge >= 0.3 is 6.18 Å². The van der Waals surface area contributed by atoms with Crippen molar-refractivity contribution in [3.63, 3.8) is 0 Å². The number of carbonyl (C=O) groups excluding carboxylic acids is 1. The predicted molar refractivity (Wildman–Crippen MR) is 68.8 cm³/mol. The van der Waals surface area contributed by atoms with Crippen LogP contribution in [0.1, 0.15) is 11.1 Å². The molecule has 0 heterocycles. The van der Waals surface area contributed by atoms with Gasteiger partial charge in [-0.2, -0.15) is 18.4 Å². The summed E-state index contributed by atoms with van der Waals surface area (Å²) in [7, 11) is -3.88. The van der Waals surface area contributed by atoms with E-state index in [9.17, 15) is 26.4 Å². The highest BCUT2D eigenvalue weighted by Crippen LogP contribution is 2.13. The van der Waals surface area contributed by atoms with Crippen LogP contribution >= 0.6 is 0 Å². The summed E-state index contributed by atoms with van der Waals surface area (Å²) < 4.78 is 58.8. The molecule has 0 unspecified atom stereocenters. The average molecular weight is 336 g/mol. The molecule has 0 fully saturated rings. The van der Waals surface area contributed by atoms with Crippen LogP contribution in [-0.2, 0) is 25.2 Å². The first-order chi connectivity index (χ1) is 10.1. The SMILES string of the molecule is N#Cc1ccc(CS(=O)(=O)CC(=O)NOCC(F)(F)F)cc1. The fourth-order valence-corrected chi connectivity index (χ4v) is 2.67. The van der Waals surface area contributed by atoms with Crippen LogP contribution in [0.5, 0.6) is 0 Å². The molecule has 0 radical (unpaired) electrons. The van der Waals surface area contributed by atoms with E-state index >= 15 is 0 Å². The van der Waals surface area contributed by atoms with E-state index in [4.69, 9.17) is 5.26 Å². The number of halogens is 3. The number of hydroxylamine groups is 1. The Bertz CT molecular complexity index is 663. The zero-order chi connectivity index (χ0) is 16.8. The lowest BCUT2D eigenvalue weighted by atomic mass is 10.2. The molecule has 0 spiro atoms. The molecular formula is C12H11F3N2O4S. The third-order valence-electron chi connectivity index (χ3n) is 2.24.